The van der Waals surface area contributed by atoms with Crippen LogP contribution in [0.1, 0.15) is 32.8 Å². The van der Waals surface area contributed by atoms with E-state index in [2.05, 4.69) is 0 Å². The first-order chi connectivity index (χ1) is 12.6. The molecule has 2 atom stereocenters. The van der Waals surface area contributed by atoms with Crippen molar-refractivity contribution >= 4 is 18.1 Å². The fourth-order valence-corrected chi connectivity index (χ4v) is 2.98. The van der Waals surface area contributed by atoms with Gasteiger partial charge in [-0.1, -0.05) is 30.3 Å². The molecule has 1 saturated heterocycles. The molecule has 0 aromatic heterocycles. The van der Waals surface area contributed by atoms with Gasteiger partial charge in [0.25, 0.3) is 0 Å². The molecule has 0 radical (unpaired) electrons. The van der Waals surface area contributed by atoms with Gasteiger partial charge in [-0.3, -0.25) is 4.79 Å². The summed E-state index contributed by atoms with van der Waals surface area (Å²) in [6.07, 6.45) is -3.04. The molecule has 148 valence electrons. The molecular formula is C19H26N2O6. The number of benzene rings is 1. The Morgan fingerprint density at radius 2 is 1.85 bits per heavy atom. The first-order valence-corrected chi connectivity index (χ1v) is 8.83. The molecule has 1 aliphatic heterocycles. The molecule has 8 nitrogen and oxygen atoms in total. The summed E-state index contributed by atoms with van der Waals surface area (Å²) in [7, 11) is 0. The zero-order valence-electron chi connectivity index (χ0n) is 15.8. The lowest BCUT2D eigenvalue weighted by Crippen LogP contribution is -2.59. The molecule has 2 N–H and O–H groups in total. The van der Waals surface area contributed by atoms with Crippen LogP contribution in [0.3, 0.4) is 0 Å². The highest BCUT2D eigenvalue weighted by molar-refractivity contribution is 5.93. The minimum absolute atomic E-state index is 0.0219. The molecule has 8 heteroatoms. The van der Waals surface area contributed by atoms with Crippen LogP contribution >= 0.6 is 0 Å². The number of amides is 3. The van der Waals surface area contributed by atoms with Crippen molar-refractivity contribution in [2.24, 2.45) is 0 Å². The Balaban J connectivity index is 2.22. The molecule has 0 bridgehead atoms. The number of nitrogens with zero attached hydrogens (tertiary/aromatic N) is 2. The van der Waals surface area contributed by atoms with Gasteiger partial charge in [-0.05, 0) is 32.8 Å². The van der Waals surface area contributed by atoms with Crippen molar-refractivity contribution < 1.29 is 29.3 Å². The van der Waals surface area contributed by atoms with Gasteiger partial charge in [0, 0.05) is 6.54 Å². The molecule has 1 aromatic rings. The Kier molecular flexibility index (Phi) is 6.43. The van der Waals surface area contributed by atoms with Crippen molar-refractivity contribution in [3.63, 3.8) is 0 Å². The van der Waals surface area contributed by atoms with Gasteiger partial charge in [0.1, 0.15) is 5.60 Å². The highest BCUT2D eigenvalue weighted by atomic mass is 16.6. The number of carbonyl (C=O) groups is 3. The number of imide groups is 1. The van der Waals surface area contributed by atoms with Gasteiger partial charge in [-0.15, -0.1) is 0 Å². The topological polar surface area (TPSA) is 107 Å². The average molecular weight is 378 g/mol. The molecule has 1 aromatic carbocycles. The second-order valence-corrected chi connectivity index (χ2v) is 7.56. The van der Waals surface area contributed by atoms with Crippen molar-refractivity contribution in [2.75, 3.05) is 13.1 Å². The third-order valence-electron chi connectivity index (χ3n) is 4.21. The molecule has 1 heterocycles. The Hall–Kier alpha value is -2.61. The van der Waals surface area contributed by atoms with E-state index < -0.39 is 35.8 Å². The number of aliphatic hydroxyl groups excluding tert-OH is 1. The average Bonchev–Trinajstić information content (AvgIpc) is 2.55. The molecule has 0 spiro atoms. The summed E-state index contributed by atoms with van der Waals surface area (Å²) in [4.78, 5) is 38.7. The van der Waals surface area contributed by atoms with Gasteiger partial charge in [0.2, 0.25) is 5.91 Å². The third-order valence-corrected chi connectivity index (χ3v) is 4.21. The van der Waals surface area contributed by atoms with E-state index in [1.807, 2.05) is 6.07 Å². The summed E-state index contributed by atoms with van der Waals surface area (Å²) >= 11 is 0. The van der Waals surface area contributed by atoms with E-state index in [4.69, 9.17) is 9.84 Å². The maximum atomic E-state index is 12.9. The monoisotopic (exact) mass is 378 g/mol. The summed E-state index contributed by atoms with van der Waals surface area (Å²) in [6, 6.07) is 8.11. The van der Waals surface area contributed by atoms with Crippen LogP contribution in [0.15, 0.2) is 30.3 Å². The Bertz CT molecular complexity index is 685. The molecule has 0 aliphatic carbocycles. The second kappa shape index (κ2) is 8.39. The van der Waals surface area contributed by atoms with Crippen LogP contribution in [0.25, 0.3) is 0 Å². The Morgan fingerprint density at radius 3 is 2.37 bits per heavy atom. The third kappa shape index (κ3) is 5.68. The highest BCUT2D eigenvalue weighted by Crippen LogP contribution is 2.22. The standard InChI is InChI=1S/C19H26N2O6/c1-19(2,3)27-18(26)21(16(23)11-13-7-5-4-6-8-13)14-9-10-20(17(24)25)12-15(14)22/h4-8,14-15,22H,9-12H2,1-3H3,(H,24,25)/t14-,15-/m1/s1. The van der Waals surface area contributed by atoms with Crippen LogP contribution in [0, 0.1) is 0 Å². The molecule has 27 heavy (non-hydrogen) atoms. The van der Waals surface area contributed by atoms with Crippen molar-refractivity contribution in [1.29, 1.82) is 0 Å². The molecule has 0 unspecified atom stereocenters. The van der Waals surface area contributed by atoms with Gasteiger partial charge >= 0.3 is 12.2 Å². The quantitative estimate of drug-likeness (QED) is 0.834. The van der Waals surface area contributed by atoms with Gasteiger partial charge < -0.3 is 19.8 Å². The number of rotatable bonds is 3. The summed E-state index contributed by atoms with van der Waals surface area (Å²) in [5.74, 6) is -0.497. The van der Waals surface area contributed by atoms with Crippen LogP contribution in [0.4, 0.5) is 9.59 Å². The van der Waals surface area contributed by atoms with E-state index in [9.17, 15) is 19.5 Å². The van der Waals surface area contributed by atoms with Crippen molar-refractivity contribution in [3.8, 4) is 0 Å². The van der Waals surface area contributed by atoms with E-state index in [1.165, 1.54) is 0 Å². The molecular weight excluding hydrogens is 352 g/mol. The number of likely N-dealkylation sites (tertiary alicyclic amines) is 1. The SMILES string of the molecule is CC(C)(C)OC(=O)N(C(=O)Cc1ccccc1)[C@@H]1CCN(C(=O)O)C[C@H]1O. The lowest BCUT2D eigenvalue weighted by molar-refractivity contribution is -0.135. The number of hydrogen-bond acceptors (Lipinski definition) is 5. The molecule has 1 aliphatic rings. The van der Waals surface area contributed by atoms with Gasteiger partial charge in [0.15, 0.2) is 0 Å². The number of piperidine rings is 1. The van der Waals surface area contributed by atoms with Crippen LogP contribution in [0.5, 0.6) is 0 Å². The van der Waals surface area contributed by atoms with E-state index in [-0.39, 0.29) is 25.9 Å². The fourth-order valence-electron chi connectivity index (χ4n) is 2.98. The Morgan fingerprint density at radius 1 is 1.22 bits per heavy atom. The lowest BCUT2D eigenvalue weighted by Gasteiger charge is -2.40. The van der Waals surface area contributed by atoms with Crippen LogP contribution in [-0.4, -0.2) is 68.9 Å². The predicted octanol–water partition coefficient (Wildman–Crippen LogP) is 2.11. The number of carbonyl (C=O) groups excluding carboxylic acids is 2. The minimum Gasteiger partial charge on any atom is -0.465 e. The van der Waals surface area contributed by atoms with Crippen molar-refractivity contribution in [2.45, 2.75) is 51.4 Å². The molecule has 3 amide bonds. The maximum absolute atomic E-state index is 12.9. The zero-order chi connectivity index (χ0) is 20.2. The smallest absolute Gasteiger partial charge is 0.417 e. The highest BCUT2D eigenvalue weighted by Gasteiger charge is 2.40. The summed E-state index contributed by atoms with van der Waals surface area (Å²) in [6.45, 7) is 5.02. The Labute approximate surface area is 158 Å². The normalized spacial score (nSPS) is 20.1. The number of hydrogen-bond donors (Lipinski definition) is 2. The van der Waals surface area contributed by atoms with E-state index in [0.717, 1.165) is 15.4 Å². The minimum atomic E-state index is -1.18. The lowest BCUT2D eigenvalue weighted by atomic mass is 9.99. The summed E-state index contributed by atoms with van der Waals surface area (Å²) < 4.78 is 5.36. The van der Waals surface area contributed by atoms with Crippen LogP contribution in [0.2, 0.25) is 0 Å². The fraction of sp³-hybridized carbons (Fsp3) is 0.526. The van der Waals surface area contributed by atoms with Crippen molar-refractivity contribution in [3.05, 3.63) is 35.9 Å². The van der Waals surface area contributed by atoms with Crippen molar-refractivity contribution in [1.82, 2.24) is 9.80 Å². The first-order valence-electron chi connectivity index (χ1n) is 8.83. The molecule has 1 fully saturated rings. The van der Waals surface area contributed by atoms with Gasteiger partial charge in [-0.2, -0.15) is 0 Å². The summed E-state index contributed by atoms with van der Waals surface area (Å²) in [5.41, 5.74) is -0.0803. The van der Waals surface area contributed by atoms with Crippen LogP contribution < -0.4 is 0 Å². The predicted molar refractivity (Wildman–Crippen MR) is 97.2 cm³/mol. The maximum Gasteiger partial charge on any atom is 0.417 e. The van der Waals surface area contributed by atoms with E-state index >= 15 is 0 Å². The zero-order valence-corrected chi connectivity index (χ0v) is 15.8. The molecule has 0 saturated carbocycles. The second-order valence-electron chi connectivity index (χ2n) is 7.56. The van der Waals surface area contributed by atoms with E-state index in [0.29, 0.717) is 0 Å². The molecule has 2 rings (SSSR count). The van der Waals surface area contributed by atoms with E-state index in [1.54, 1.807) is 45.0 Å². The van der Waals surface area contributed by atoms with Gasteiger partial charge in [-0.25, -0.2) is 14.5 Å². The van der Waals surface area contributed by atoms with Gasteiger partial charge in [0.05, 0.1) is 25.1 Å². The number of carboxylic acid groups (broad SMARTS) is 1. The summed E-state index contributed by atoms with van der Waals surface area (Å²) in [5, 5.41) is 19.5. The number of aliphatic hydroxyl groups is 1. The first kappa shape index (κ1) is 20.7. The number of ether oxygens (including phenoxy) is 1. The number of β-amino-alcohol motifs (C(OH)–C–C–N with tert-alkyl or cyclic N) is 1. The largest absolute Gasteiger partial charge is 0.465 e. The van der Waals surface area contributed by atoms with Crippen LogP contribution in [-0.2, 0) is 16.0 Å².